The van der Waals surface area contributed by atoms with Crippen molar-refractivity contribution < 1.29 is 22.7 Å². The number of ether oxygens (including phenoxy) is 1. The van der Waals surface area contributed by atoms with Crippen LogP contribution in [0.1, 0.15) is 75.7 Å². The fraction of sp³-hybridized carbons (Fsp3) is 0.282. The molecule has 252 valence electrons. The smallest absolute Gasteiger partial charge is 0.257 e. The lowest BCUT2D eigenvalue weighted by atomic mass is 9.93. The molecule has 5 heterocycles. The van der Waals surface area contributed by atoms with Gasteiger partial charge in [-0.3, -0.25) is 9.78 Å². The molecule has 0 bridgehead atoms. The monoisotopic (exact) mass is 689 g/mol. The summed E-state index contributed by atoms with van der Waals surface area (Å²) < 4.78 is 40.8. The molecule has 1 fully saturated rings. The second kappa shape index (κ2) is 12.0. The van der Waals surface area contributed by atoms with Crippen molar-refractivity contribution in [1.82, 2.24) is 20.1 Å². The van der Waals surface area contributed by atoms with Gasteiger partial charge in [0.2, 0.25) is 11.8 Å². The minimum Gasteiger partial charge on any atom is -0.493 e. The number of rotatable bonds is 8. The number of fused-ring (bicyclic) bond motifs is 5. The largest absolute Gasteiger partial charge is 0.493 e. The van der Waals surface area contributed by atoms with E-state index in [9.17, 15) is 13.6 Å². The zero-order valence-electron chi connectivity index (χ0n) is 27.6. The maximum Gasteiger partial charge on any atom is 0.257 e. The molecule has 2 atom stereocenters. The van der Waals surface area contributed by atoms with E-state index in [1.165, 1.54) is 25.3 Å². The lowest BCUT2D eigenvalue weighted by Crippen LogP contribution is -2.22. The maximum atomic E-state index is 14.5. The Hall–Kier alpha value is -5.16. The molecule has 8 nitrogen and oxygen atoms in total. The Bertz CT molecular complexity index is 2320. The van der Waals surface area contributed by atoms with Crippen LogP contribution in [-0.2, 0) is 19.3 Å². The molecule has 11 heteroatoms. The number of carbonyl (C=O) groups excluding carboxylic acids is 1. The number of nitrogens with one attached hydrogen (secondary N) is 1. The van der Waals surface area contributed by atoms with Crippen molar-refractivity contribution in [2.45, 2.75) is 57.5 Å². The molecule has 3 aromatic carbocycles. The van der Waals surface area contributed by atoms with E-state index in [-0.39, 0.29) is 29.6 Å². The summed E-state index contributed by atoms with van der Waals surface area (Å²) in [4.78, 5) is 22.3. The fourth-order valence-corrected chi connectivity index (χ4v) is 9.21. The Morgan fingerprint density at radius 1 is 1.02 bits per heavy atom. The third-order valence-corrected chi connectivity index (χ3v) is 11.5. The predicted molar refractivity (Wildman–Crippen MR) is 188 cm³/mol. The summed E-state index contributed by atoms with van der Waals surface area (Å²) in [6, 6.07) is 18.1. The number of hydrogen-bond donors (Lipinski definition) is 1. The van der Waals surface area contributed by atoms with Gasteiger partial charge in [-0.1, -0.05) is 30.3 Å². The van der Waals surface area contributed by atoms with Crippen molar-refractivity contribution in [3.05, 3.63) is 112 Å². The van der Waals surface area contributed by atoms with Crippen LogP contribution in [-0.4, -0.2) is 39.6 Å². The zero-order chi connectivity index (χ0) is 34.1. The molecule has 0 saturated carbocycles. The van der Waals surface area contributed by atoms with Gasteiger partial charge < -0.3 is 19.4 Å². The van der Waals surface area contributed by atoms with Gasteiger partial charge in [0.15, 0.2) is 11.6 Å². The van der Waals surface area contributed by atoms with Gasteiger partial charge in [-0.05, 0) is 85.4 Å². The number of aryl methyl sites for hydroxylation is 3. The van der Waals surface area contributed by atoms with Crippen LogP contribution < -0.4 is 10.1 Å². The first-order valence-electron chi connectivity index (χ1n) is 17.0. The molecule has 1 saturated heterocycles. The van der Waals surface area contributed by atoms with Crippen molar-refractivity contribution in [1.29, 1.82) is 0 Å². The lowest BCUT2D eigenvalue weighted by Gasteiger charge is -2.17. The van der Waals surface area contributed by atoms with E-state index in [0.717, 1.165) is 80.0 Å². The second-order valence-corrected chi connectivity index (χ2v) is 14.2. The van der Waals surface area contributed by atoms with Crippen LogP contribution in [0.25, 0.3) is 32.0 Å². The number of anilines is 1. The number of nitrogens with zero attached hydrogens (tertiary/aromatic N) is 4. The molecular weight excluding hydrogens is 657 g/mol. The number of amides is 1. The van der Waals surface area contributed by atoms with Gasteiger partial charge in [0.25, 0.3) is 5.91 Å². The lowest BCUT2D eigenvalue weighted by molar-refractivity contribution is 0.0776. The summed E-state index contributed by atoms with van der Waals surface area (Å²) in [6.07, 6.45) is 4.47. The summed E-state index contributed by atoms with van der Waals surface area (Å²) in [5.74, 6) is 0.408. The highest BCUT2D eigenvalue weighted by atomic mass is 32.1. The molecule has 1 aliphatic carbocycles. The van der Waals surface area contributed by atoms with E-state index in [1.54, 1.807) is 30.4 Å². The molecule has 0 unspecified atom stereocenters. The van der Waals surface area contributed by atoms with Gasteiger partial charge in [-0.25, -0.2) is 8.78 Å². The van der Waals surface area contributed by atoms with Crippen molar-refractivity contribution in [3.63, 3.8) is 0 Å². The Morgan fingerprint density at radius 3 is 2.68 bits per heavy atom. The normalized spacial score (nSPS) is 17.8. The molecule has 1 N–H and O–H groups in total. The average Bonchev–Trinajstić information content (AvgIpc) is 3.96. The van der Waals surface area contributed by atoms with E-state index in [4.69, 9.17) is 14.1 Å². The summed E-state index contributed by atoms with van der Waals surface area (Å²) in [6.45, 7) is 2.44. The van der Waals surface area contributed by atoms with Crippen LogP contribution >= 0.6 is 11.3 Å². The van der Waals surface area contributed by atoms with Crippen molar-refractivity contribution in [2.24, 2.45) is 0 Å². The molecule has 6 aromatic rings. The highest BCUT2D eigenvalue weighted by Gasteiger charge is 2.45. The number of hydrogen-bond acceptors (Lipinski definition) is 8. The fourth-order valence-electron chi connectivity index (χ4n) is 8.02. The SMILES string of the molecule is COc1c(F)ccc2c1CC[C@@H]2Nc1cccc2cc(-c3c4c(nc(CCc5ccc(F)cc5)c3-c3nnc(C)o3)[C@H]3CCCN3C4=O)sc12. The van der Waals surface area contributed by atoms with Crippen molar-refractivity contribution >= 4 is 33.0 Å². The molecule has 9 rings (SSSR count). The first-order chi connectivity index (χ1) is 24.4. The van der Waals surface area contributed by atoms with E-state index in [0.29, 0.717) is 48.0 Å². The first kappa shape index (κ1) is 30.9. The van der Waals surface area contributed by atoms with Gasteiger partial charge in [-0.2, -0.15) is 0 Å². The van der Waals surface area contributed by atoms with E-state index >= 15 is 0 Å². The minimum atomic E-state index is -0.346. The number of methoxy groups -OCH3 is 1. The van der Waals surface area contributed by atoms with Crippen LogP contribution in [0.4, 0.5) is 14.5 Å². The average molecular weight is 690 g/mol. The summed E-state index contributed by atoms with van der Waals surface area (Å²) >= 11 is 1.61. The maximum absolute atomic E-state index is 14.5. The zero-order valence-corrected chi connectivity index (χ0v) is 28.4. The van der Waals surface area contributed by atoms with Crippen LogP contribution in [0.15, 0.2) is 65.1 Å². The summed E-state index contributed by atoms with van der Waals surface area (Å²) in [5, 5.41) is 13.4. The van der Waals surface area contributed by atoms with Gasteiger partial charge in [-0.15, -0.1) is 21.5 Å². The van der Waals surface area contributed by atoms with Gasteiger partial charge in [0.05, 0.1) is 52.1 Å². The van der Waals surface area contributed by atoms with E-state index in [1.807, 2.05) is 17.0 Å². The van der Waals surface area contributed by atoms with Crippen LogP contribution in [0.2, 0.25) is 0 Å². The van der Waals surface area contributed by atoms with Gasteiger partial charge >= 0.3 is 0 Å². The Balaban J connectivity index is 1.20. The van der Waals surface area contributed by atoms with Gasteiger partial charge in [0.1, 0.15) is 5.82 Å². The molecular formula is C39H33F2N5O3S. The number of pyridine rings is 1. The standard InChI is InChI=1S/C39H33F2N5O3S/c1-20-44-45-38(49-20)32-28(16-10-21-8-11-23(40)12-9-21)43-35-30-7-4-18-46(30)39(47)34(35)33(32)31-19-22-5-3-6-29(37(22)50-31)42-27-17-14-25-24(27)13-15-26(41)36(25)48-2/h3,5-6,8-9,11-13,15,19,27,30,42H,4,7,10,14,16-18H2,1-2H3/t27-,30+/m0/s1. The van der Waals surface area contributed by atoms with Crippen LogP contribution in [0, 0.1) is 18.6 Å². The number of thiophene rings is 1. The minimum absolute atomic E-state index is 0.00966. The molecule has 2 aliphatic heterocycles. The number of carbonyl (C=O) groups is 1. The molecule has 50 heavy (non-hydrogen) atoms. The number of aromatic nitrogens is 3. The van der Waals surface area contributed by atoms with Gasteiger partial charge in [0, 0.05) is 29.5 Å². The highest BCUT2D eigenvalue weighted by Crippen LogP contribution is 2.51. The topological polar surface area (TPSA) is 93.4 Å². The van der Waals surface area contributed by atoms with E-state index < -0.39 is 0 Å². The number of benzene rings is 3. The predicted octanol–water partition coefficient (Wildman–Crippen LogP) is 8.78. The third kappa shape index (κ3) is 4.97. The highest BCUT2D eigenvalue weighted by molar-refractivity contribution is 7.23. The van der Waals surface area contributed by atoms with Crippen LogP contribution in [0.5, 0.6) is 5.75 Å². The second-order valence-electron chi connectivity index (χ2n) is 13.2. The first-order valence-corrected chi connectivity index (χ1v) is 17.8. The quantitative estimate of drug-likeness (QED) is 0.171. The third-order valence-electron chi connectivity index (χ3n) is 10.3. The van der Waals surface area contributed by atoms with Crippen LogP contribution in [0.3, 0.4) is 0 Å². The molecule has 3 aliphatic rings. The molecule has 3 aromatic heterocycles. The summed E-state index contributed by atoms with van der Waals surface area (Å²) in [5.41, 5.74) is 7.50. The molecule has 0 radical (unpaired) electrons. The summed E-state index contributed by atoms with van der Waals surface area (Å²) in [7, 11) is 1.51. The van der Waals surface area contributed by atoms with Crippen molar-refractivity contribution in [2.75, 3.05) is 19.0 Å². The number of halogens is 2. The Morgan fingerprint density at radius 2 is 1.88 bits per heavy atom. The van der Waals surface area contributed by atoms with Crippen molar-refractivity contribution in [3.8, 4) is 27.6 Å². The van der Waals surface area contributed by atoms with E-state index in [2.05, 4.69) is 33.7 Å². The molecule has 1 amide bonds. The Kier molecular flexibility index (Phi) is 7.42. The Labute approximate surface area is 291 Å². The molecule has 0 spiro atoms.